The Morgan fingerprint density at radius 2 is 1.52 bits per heavy atom. The van der Waals surface area contributed by atoms with E-state index in [1.165, 1.54) is 14.2 Å². The van der Waals surface area contributed by atoms with E-state index >= 15 is 0 Å². The van der Waals surface area contributed by atoms with E-state index in [0.29, 0.717) is 33.8 Å². The van der Waals surface area contributed by atoms with E-state index in [9.17, 15) is 14.7 Å². The lowest BCUT2D eigenvalue weighted by Crippen LogP contribution is -2.00. The molecule has 0 radical (unpaired) electrons. The van der Waals surface area contributed by atoms with Crippen LogP contribution < -0.4 is 9.47 Å². The van der Waals surface area contributed by atoms with Gasteiger partial charge in [0.05, 0.1) is 20.6 Å². The Balaban J connectivity index is 2.47. The minimum absolute atomic E-state index is 0.0887. The highest BCUT2D eigenvalue weighted by atomic mass is 16.5. The van der Waals surface area contributed by atoms with Gasteiger partial charge in [-0.05, 0) is 34.4 Å². The molecule has 0 bridgehead atoms. The van der Waals surface area contributed by atoms with Gasteiger partial charge in [-0.15, -0.1) is 0 Å². The van der Waals surface area contributed by atoms with Gasteiger partial charge < -0.3 is 19.7 Å². The summed E-state index contributed by atoms with van der Waals surface area (Å²) in [5.41, 5.74) is 2.42. The smallest absolute Gasteiger partial charge is 0.328 e. The van der Waals surface area contributed by atoms with Crippen LogP contribution in [0.4, 0.5) is 0 Å². The minimum Gasteiger partial charge on any atom is -0.493 e. The topological polar surface area (TPSA) is 93.1 Å². The van der Waals surface area contributed by atoms with E-state index in [0.717, 1.165) is 6.08 Å². The van der Waals surface area contributed by atoms with Crippen molar-refractivity contribution in [1.29, 1.82) is 0 Å². The van der Waals surface area contributed by atoms with Gasteiger partial charge in [-0.25, -0.2) is 4.79 Å². The van der Waals surface area contributed by atoms with Crippen LogP contribution in [0.1, 0.15) is 16.7 Å². The van der Waals surface area contributed by atoms with Crippen molar-refractivity contribution in [2.75, 3.05) is 14.2 Å². The molecule has 0 fully saturated rings. The van der Waals surface area contributed by atoms with Gasteiger partial charge in [0.15, 0.2) is 11.5 Å². The first-order valence-electron chi connectivity index (χ1n) is 7.42. The molecule has 0 aliphatic carbocycles. The number of aliphatic carboxylic acids is 2. The molecule has 6 nitrogen and oxygen atoms in total. The van der Waals surface area contributed by atoms with E-state index in [2.05, 4.69) is 0 Å². The number of carboxylic acid groups (broad SMARTS) is 2. The van der Waals surface area contributed by atoms with E-state index in [1.807, 2.05) is 0 Å². The normalized spacial score (nSPS) is 11.0. The molecular weight excluding hydrogens is 324 g/mol. The van der Waals surface area contributed by atoms with Crippen LogP contribution in [-0.4, -0.2) is 36.4 Å². The second-order valence-electron chi connectivity index (χ2n) is 5.23. The highest BCUT2D eigenvalue weighted by Gasteiger charge is 2.12. The van der Waals surface area contributed by atoms with Crippen molar-refractivity contribution < 1.29 is 29.3 Å². The van der Waals surface area contributed by atoms with Crippen LogP contribution in [0.3, 0.4) is 0 Å². The number of rotatable bonds is 7. The van der Waals surface area contributed by atoms with Gasteiger partial charge in [0.1, 0.15) is 0 Å². The highest BCUT2D eigenvalue weighted by molar-refractivity contribution is 5.95. The number of ether oxygens (including phenoxy) is 2. The number of hydrogen-bond acceptors (Lipinski definition) is 4. The molecule has 0 spiro atoms. The van der Waals surface area contributed by atoms with Gasteiger partial charge in [0, 0.05) is 6.08 Å². The third-order valence-electron chi connectivity index (χ3n) is 3.58. The fourth-order valence-electron chi connectivity index (χ4n) is 2.44. The maximum Gasteiger partial charge on any atom is 0.328 e. The molecule has 130 valence electrons. The molecule has 6 heteroatoms. The lowest BCUT2D eigenvalue weighted by Gasteiger charge is -2.12. The van der Waals surface area contributed by atoms with Crippen LogP contribution in [0, 0.1) is 0 Å². The minimum atomic E-state index is -1.08. The van der Waals surface area contributed by atoms with Crippen LogP contribution >= 0.6 is 0 Å². The lowest BCUT2D eigenvalue weighted by molar-refractivity contribution is -0.136. The highest BCUT2D eigenvalue weighted by Crippen LogP contribution is 2.33. The quantitative estimate of drug-likeness (QED) is 0.752. The molecule has 0 saturated heterocycles. The first-order chi connectivity index (χ1) is 11.9. The number of methoxy groups -OCH3 is 2. The van der Waals surface area contributed by atoms with Crippen molar-refractivity contribution in [2.24, 2.45) is 0 Å². The predicted molar refractivity (Wildman–Crippen MR) is 92.0 cm³/mol. The van der Waals surface area contributed by atoms with Crippen LogP contribution in [0.25, 0.3) is 5.57 Å². The second-order valence-corrected chi connectivity index (χ2v) is 5.23. The Hall–Kier alpha value is -3.28. The van der Waals surface area contributed by atoms with Crippen molar-refractivity contribution in [3.8, 4) is 11.5 Å². The van der Waals surface area contributed by atoms with Gasteiger partial charge in [-0.2, -0.15) is 0 Å². The van der Waals surface area contributed by atoms with E-state index in [1.54, 1.807) is 42.5 Å². The maximum atomic E-state index is 11.2. The Bertz CT molecular complexity index is 805. The molecular formula is C19H18O6. The molecule has 0 aliphatic heterocycles. The van der Waals surface area contributed by atoms with Crippen LogP contribution in [-0.2, 0) is 16.0 Å². The fourth-order valence-corrected chi connectivity index (χ4v) is 2.44. The summed E-state index contributed by atoms with van der Waals surface area (Å²) < 4.78 is 10.5. The third-order valence-corrected chi connectivity index (χ3v) is 3.58. The zero-order valence-corrected chi connectivity index (χ0v) is 13.9. The standard InChI is InChI=1S/C19H18O6/c1-24-16-8-7-14(10-17(16)25-2)15(11-19(22)23)13-5-3-12(4-6-13)9-18(20)21/h3-8,10-11H,9H2,1-2H3,(H,20,21)(H,22,23)/b15-11-. The molecule has 2 aromatic carbocycles. The summed E-state index contributed by atoms with van der Waals surface area (Å²) in [7, 11) is 3.02. The molecule has 2 N–H and O–H groups in total. The molecule has 2 aromatic rings. The van der Waals surface area contributed by atoms with Crippen molar-refractivity contribution in [3.63, 3.8) is 0 Å². The maximum absolute atomic E-state index is 11.2. The molecule has 0 unspecified atom stereocenters. The van der Waals surface area contributed by atoms with Crippen molar-refractivity contribution >= 4 is 17.5 Å². The molecule has 0 atom stereocenters. The number of carboxylic acids is 2. The average Bonchev–Trinajstić information content (AvgIpc) is 2.59. The predicted octanol–water partition coefficient (Wildman–Crippen LogP) is 2.85. The summed E-state index contributed by atoms with van der Waals surface area (Å²) in [6.45, 7) is 0. The number of benzene rings is 2. The molecule has 0 heterocycles. The van der Waals surface area contributed by atoms with Gasteiger partial charge >= 0.3 is 11.9 Å². The summed E-state index contributed by atoms with van der Waals surface area (Å²) in [5, 5.41) is 18.0. The lowest BCUT2D eigenvalue weighted by atomic mass is 9.96. The molecule has 0 amide bonds. The molecule has 0 aromatic heterocycles. The summed E-state index contributed by atoms with van der Waals surface area (Å²) in [5.74, 6) is -0.982. The van der Waals surface area contributed by atoms with Gasteiger partial charge in [-0.3, -0.25) is 4.79 Å². The van der Waals surface area contributed by atoms with Crippen molar-refractivity contribution in [3.05, 3.63) is 65.2 Å². The van der Waals surface area contributed by atoms with Crippen molar-refractivity contribution in [2.45, 2.75) is 6.42 Å². The summed E-state index contributed by atoms with van der Waals surface area (Å²) in [6, 6.07) is 11.9. The van der Waals surface area contributed by atoms with Crippen molar-refractivity contribution in [1.82, 2.24) is 0 Å². The molecule has 2 rings (SSSR count). The zero-order chi connectivity index (χ0) is 18.4. The Kier molecular flexibility index (Phi) is 5.79. The summed E-state index contributed by atoms with van der Waals surface area (Å²) in [6.07, 6.45) is 1.02. The largest absolute Gasteiger partial charge is 0.493 e. The van der Waals surface area contributed by atoms with Gasteiger partial charge in [0.25, 0.3) is 0 Å². The summed E-state index contributed by atoms with van der Waals surface area (Å²) in [4.78, 5) is 22.0. The average molecular weight is 342 g/mol. The Labute approximate surface area is 144 Å². The van der Waals surface area contributed by atoms with Crippen LogP contribution in [0.2, 0.25) is 0 Å². The second kappa shape index (κ2) is 8.01. The molecule has 0 aliphatic rings. The van der Waals surface area contributed by atoms with E-state index in [-0.39, 0.29) is 6.42 Å². The first-order valence-corrected chi connectivity index (χ1v) is 7.42. The monoisotopic (exact) mass is 342 g/mol. The van der Waals surface area contributed by atoms with E-state index < -0.39 is 11.9 Å². The molecule has 0 saturated carbocycles. The van der Waals surface area contributed by atoms with E-state index in [4.69, 9.17) is 14.6 Å². The Morgan fingerprint density at radius 1 is 0.920 bits per heavy atom. The molecule has 25 heavy (non-hydrogen) atoms. The SMILES string of the molecule is COc1ccc(/C(=C\C(=O)O)c2ccc(CC(=O)O)cc2)cc1OC. The van der Waals surface area contributed by atoms with Gasteiger partial charge in [-0.1, -0.05) is 30.3 Å². The zero-order valence-electron chi connectivity index (χ0n) is 13.9. The fraction of sp³-hybridized carbons (Fsp3) is 0.158. The number of hydrogen-bond donors (Lipinski definition) is 2. The van der Waals surface area contributed by atoms with Gasteiger partial charge in [0.2, 0.25) is 0 Å². The summed E-state index contributed by atoms with van der Waals surface area (Å²) >= 11 is 0. The van der Waals surface area contributed by atoms with Crippen LogP contribution in [0.15, 0.2) is 48.5 Å². The number of carbonyl (C=O) groups is 2. The third kappa shape index (κ3) is 4.60. The first kappa shape index (κ1) is 18.1. The Morgan fingerprint density at radius 3 is 2.04 bits per heavy atom. The van der Waals surface area contributed by atoms with Crippen LogP contribution in [0.5, 0.6) is 11.5 Å².